The monoisotopic (exact) mass is 346 g/mol. The van der Waals surface area contributed by atoms with E-state index in [2.05, 4.69) is 49.2 Å². The summed E-state index contributed by atoms with van der Waals surface area (Å²) in [5.41, 5.74) is 1.13. The van der Waals surface area contributed by atoms with Crippen LogP contribution in [0.4, 0.5) is 0 Å². The molecule has 1 aliphatic rings. The molecular formula is C16H22N6OS. The highest BCUT2D eigenvalue weighted by Crippen LogP contribution is 2.19. The summed E-state index contributed by atoms with van der Waals surface area (Å²) in [5, 5.41) is 6.08. The van der Waals surface area contributed by atoms with Gasteiger partial charge in [-0.05, 0) is 26.4 Å². The predicted molar refractivity (Wildman–Crippen MR) is 91.9 cm³/mol. The highest BCUT2D eigenvalue weighted by atomic mass is 32.1. The van der Waals surface area contributed by atoms with Crippen molar-refractivity contribution < 1.29 is 4.52 Å². The lowest BCUT2D eigenvalue weighted by Gasteiger charge is -2.36. The molecule has 1 aliphatic heterocycles. The average Bonchev–Trinajstić information content (AvgIpc) is 3.24. The van der Waals surface area contributed by atoms with E-state index >= 15 is 0 Å². The molecule has 0 N–H and O–H groups in total. The molecule has 0 aromatic carbocycles. The van der Waals surface area contributed by atoms with Crippen molar-refractivity contribution in [1.82, 2.24) is 29.3 Å². The number of aromatic nitrogens is 4. The molecule has 0 spiro atoms. The number of nitrogens with zero attached hydrogens (tertiary/aromatic N) is 6. The summed E-state index contributed by atoms with van der Waals surface area (Å²) in [6.07, 6.45) is 6.61. The Bertz CT molecular complexity index is 780. The van der Waals surface area contributed by atoms with Gasteiger partial charge in [-0.25, -0.2) is 4.98 Å². The Labute approximate surface area is 144 Å². The maximum atomic E-state index is 5.07. The normalized spacial score (nSPS) is 19.5. The molecule has 7 nitrogen and oxygen atoms in total. The highest BCUT2D eigenvalue weighted by molar-refractivity contribution is 7.15. The van der Waals surface area contributed by atoms with Crippen molar-refractivity contribution in [2.24, 2.45) is 0 Å². The van der Waals surface area contributed by atoms with Crippen LogP contribution in [0, 0.1) is 6.92 Å². The third-order valence-corrected chi connectivity index (χ3v) is 5.36. The Morgan fingerprint density at radius 2 is 2.33 bits per heavy atom. The second-order valence-corrected chi connectivity index (χ2v) is 7.37. The van der Waals surface area contributed by atoms with Crippen molar-refractivity contribution in [2.75, 3.05) is 20.1 Å². The zero-order valence-corrected chi connectivity index (χ0v) is 14.9. The molecular weight excluding hydrogens is 324 g/mol. The van der Waals surface area contributed by atoms with E-state index in [0.29, 0.717) is 11.9 Å². The highest BCUT2D eigenvalue weighted by Gasteiger charge is 2.24. The van der Waals surface area contributed by atoms with Crippen LogP contribution in [0.1, 0.15) is 30.3 Å². The number of thiazole rings is 1. The molecule has 3 aromatic rings. The summed E-state index contributed by atoms with van der Waals surface area (Å²) in [4.78, 5) is 14.9. The molecule has 24 heavy (non-hydrogen) atoms. The fourth-order valence-electron chi connectivity index (χ4n) is 3.38. The fourth-order valence-corrected chi connectivity index (χ4v) is 4.10. The van der Waals surface area contributed by atoms with Gasteiger partial charge in [0.05, 0.1) is 12.2 Å². The lowest BCUT2D eigenvalue weighted by Crippen LogP contribution is -2.45. The van der Waals surface area contributed by atoms with Gasteiger partial charge in [0.1, 0.15) is 0 Å². The second kappa shape index (κ2) is 6.62. The molecule has 0 amide bonds. The summed E-state index contributed by atoms with van der Waals surface area (Å²) >= 11 is 1.68. The van der Waals surface area contributed by atoms with Crippen molar-refractivity contribution in [3.8, 4) is 0 Å². The van der Waals surface area contributed by atoms with Gasteiger partial charge in [0, 0.05) is 43.8 Å². The van der Waals surface area contributed by atoms with Crippen molar-refractivity contribution in [1.29, 1.82) is 0 Å². The van der Waals surface area contributed by atoms with Crippen LogP contribution in [0.15, 0.2) is 22.3 Å². The third kappa shape index (κ3) is 3.35. The van der Waals surface area contributed by atoms with Gasteiger partial charge in [0.25, 0.3) is 0 Å². The lowest BCUT2D eigenvalue weighted by molar-refractivity contribution is 0.104. The van der Waals surface area contributed by atoms with Crippen molar-refractivity contribution in [2.45, 2.75) is 38.9 Å². The van der Waals surface area contributed by atoms with Gasteiger partial charge in [-0.1, -0.05) is 5.16 Å². The van der Waals surface area contributed by atoms with Crippen LogP contribution >= 0.6 is 11.3 Å². The molecule has 0 radical (unpaired) electrons. The van der Waals surface area contributed by atoms with Crippen molar-refractivity contribution in [3.05, 3.63) is 35.2 Å². The number of piperidine rings is 1. The number of likely N-dealkylation sites (N-methyl/N-ethyl adjacent to an activating group) is 1. The quantitative estimate of drug-likeness (QED) is 0.706. The minimum atomic E-state index is 0.534. The van der Waals surface area contributed by atoms with Crippen LogP contribution in [0.25, 0.3) is 4.96 Å². The molecule has 4 rings (SSSR count). The SMILES string of the molecule is Cc1nc(CN2CCCC(N(C)Cc3cn4ccsc4n3)C2)no1. The van der Waals surface area contributed by atoms with Crippen molar-refractivity contribution >= 4 is 16.3 Å². The van der Waals surface area contributed by atoms with Gasteiger partial charge in [-0.3, -0.25) is 14.2 Å². The summed E-state index contributed by atoms with van der Waals surface area (Å²) in [6.45, 7) is 5.61. The van der Waals surface area contributed by atoms with E-state index in [-0.39, 0.29) is 0 Å². The molecule has 1 fully saturated rings. The van der Waals surface area contributed by atoms with Crippen LogP contribution in [-0.4, -0.2) is 55.5 Å². The Hall–Kier alpha value is -1.77. The van der Waals surface area contributed by atoms with Crippen LogP contribution in [0.3, 0.4) is 0 Å². The lowest BCUT2D eigenvalue weighted by atomic mass is 10.0. The van der Waals surface area contributed by atoms with Crippen LogP contribution in [0.5, 0.6) is 0 Å². The number of hydrogen-bond acceptors (Lipinski definition) is 7. The van der Waals surface area contributed by atoms with Gasteiger partial charge in [-0.15, -0.1) is 11.3 Å². The van der Waals surface area contributed by atoms with Gasteiger partial charge < -0.3 is 4.52 Å². The number of fused-ring (bicyclic) bond motifs is 1. The van der Waals surface area contributed by atoms with Gasteiger partial charge in [-0.2, -0.15) is 4.98 Å². The summed E-state index contributed by atoms with van der Waals surface area (Å²) in [6, 6.07) is 0.534. The first-order valence-corrected chi connectivity index (χ1v) is 9.18. The molecule has 1 unspecified atom stereocenters. The predicted octanol–water partition coefficient (Wildman–Crippen LogP) is 2.18. The fraction of sp³-hybridized carbons (Fsp3) is 0.562. The van der Waals surface area contributed by atoms with E-state index in [1.54, 1.807) is 11.3 Å². The second-order valence-electron chi connectivity index (χ2n) is 6.50. The first kappa shape index (κ1) is 15.7. The molecule has 0 aliphatic carbocycles. The van der Waals surface area contributed by atoms with Gasteiger partial charge in [0.2, 0.25) is 5.89 Å². The zero-order chi connectivity index (χ0) is 16.5. The Morgan fingerprint density at radius 3 is 3.12 bits per heavy atom. The summed E-state index contributed by atoms with van der Waals surface area (Å²) in [7, 11) is 2.19. The van der Waals surface area contributed by atoms with E-state index in [0.717, 1.165) is 42.7 Å². The third-order valence-electron chi connectivity index (χ3n) is 4.59. The smallest absolute Gasteiger partial charge is 0.223 e. The largest absolute Gasteiger partial charge is 0.340 e. The van der Waals surface area contributed by atoms with Gasteiger partial charge in [0.15, 0.2) is 10.8 Å². The molecule has 8 heteroatoms. The maximum absolute atomic E-state index is 5.07. The Balaban J connectivity index is 1.36. The molecule has 128 valence electrons. The Morgan fingerprint density at radius 1 is 1.42 bits per heavy atom. The number of hydrogen-bond donors (Lipinski definition) is 0. The summed E-state index contributed by atoms with van der Waals surface area (Å²) in [5.74, 6) is 1.42. The average molecular weight is 346 g/mol. The number of imidazole rings is 1. The molecule has 0 saturated carbocycles. The van der Waals surface area contributed by atoms with E-state index < -0.39 is 0 Å². The number of aryl methyl sites for hydroxylation is 1. The van der Waals surface area contributed by atoms with Crippen molar-refractivity contribution in [3.63, 3.8) is 0 Å². The minimum absolute atomic E-state index is 0.534. The standard InChI is InChI=1S/C16H22N6OS/c1-12-17-15(19-23-12)11-21-5-3-4-14(10-21)20(2)8-13-9-22-6-7-24-16(22)18-13/h6-7,9,14H,3-5,8,10-11H2,1-2H3. The van der Waals surface area contributed by atoms with E-state index in [9.17, 15) is 0 Å². The number of rotatable bonds is 5. The van der Waals surface area contributed by atoms with Gasteiger partial charge >= 0.3 is 0 Å². The topological polar surface area (TPSA) is 62.7 Å². The van der Waals surface area contributed by atoms with Crippen LogP contribution < -0.4 is 0 Å². The molecule has 4 heterocycles. The number of likely N-dealkylation sites (tertiary alicyclic amines) is 1. The van der Waals surface area contributed by atoms with Crippen LogP contribution in [0.2, 0.25) is 0 Å². The zero-order valence-electron chi connectivity index (χ0n) is 14.1. The summed E-state index contributed by atoms with van der Waals surface area (Å²) < 4.78 is 7.17. The molecule has 3 aromatic heterocycles. The van der Waals surface area contributed by atoms with E-state index in [1.165, 1.54) is 12.8 Å². The minimum Gasteiger partial charge on any atom is -0.340 e. The van der Waals surface area contributed by atoms with E-state index in [1.807, 2.05) is 6.92 Å². The maximum Gasteiger partial charge on any atom is 0.223 e. The first-order valence-electron chi connectivity index (χ1n) is 8.30. The molecule has 0 bridgehead atoms. The van der Waals surface area contributed by atoms with Crippen LogP contribution in [-0.2, 0) is 13.1 Å². The van der Waals surface area contributed by atoms with E-state index in [4.69, 9.17) is 9.51 Å². The molecule has 1 atom stereocenters. The Kier molecular flexibility index (Phi) is 4.34. The first-order chi connectivity index (χ1) is 11.7. The molecule has 1 saturated heterocycles.